The van der Waals surface area contributed by atoms with Gasteiger partial charge in [-0.25, -0.2) is 0 Å². The Morgan fingerprint density at radius 2 is 2.03 bits per heavy atom. The van der Waals surface area contributed by atoms with E-state index in [0.717, 1.165) is 54.0 Å². The molecule has 4 aromatic rings. The predicted molar refractivity (Wildman–Crippen MR) is 140 cm³/mol. The van der Waals surface area contributed by atoms with E-state index in [4.69, 9.17) is 14.9 Å². The van der Waals surface area contributed by atoms with E-state index >= 15 is 0 Å². The lowest BCUT2D eigenvalue weighted by Crippen LogP contribution is -2.28. The average molecular weight is 488 g/mol. The number of furan rings is 1. The number of carbonyl (C=O) groups excluding carboxylic acids is 1. The van der Waals surface area contributed by atoms with Crippen LogP contribution in [0.25, 0.3) is 33.3 Å². The summed E-state index contributed by atoms with van der Waals surface area (Å²) in [6, 6.07) is 14.5. The number of para-hydroxylation sites is 1. The Morgan fingerprint density at radius 3 is 2.74 bits per heavy atom. The highest BCUT2D eigenvalue weighted by molar-refractivity contribution is 7.57. The third kappa shape index (κ3) is 3.26. The molecule has 2 bridgehead atoms. The minimum atomic E-state index is -0.583. The van der Waals surface area contributed by atoms with Crippen LogP contribution in [0.3, 0.4) is 0 Å². The van der Waals surface area contributed by atoms with Crippen LogP contribution in [0.15, 0.2) is 46.9 Å². The predicted octanol–water partition coefficient (Wildman–Crippen LogP) is 5.94. The molecule has 1 saturated carbocycles. The summed E-state index contributed by atoms with van der Waals surface area (Å²) >= 11 is 0. The maximum Gasteiger partial charge on any atom is 0.257 e. The van der Waals surface area contributed by atoms with Crippen molar-refractivity contribution in [2.45, 2.75) is 38.5 Å². The number of amides is 1. The summed E-state index contributed by atoms with van der Waals surface area (Å²) in [5.41, 5.74) is 11.1. The second-order valence-electron chi connectivity index (χ2n) is 10.3. The minimum Gasteiger partial charge on any atom is -0.496 e. The van der Waals surface area contributed by atoms with Crippen molar-refractivity contribution in [3.05, 3.63) is 53.6 Å². The van der Waals surface area contributed by atoms with Crippen LogP contribution in [0.1, 0.15) is 35.2 Å². The summed E-state index contributed by atoms with van der Waals surface area (Å²) in [6.45, 7) is 3.86. The molecular weight excluding hydrogens is 457 g/mol. The molecule has 180 valence electrons. The molecule has 6 nitrogen and oxygen atoms in total. The molecular formula is C28H30N3O3P. The molecule has 2 aromatic carbocycles. The van der Waals surface area contributed by atoms with Crippen LogP contribution < -0.4 is 10.5 Å². The van der Waals surface area contributed by atoms with Crippen LogP contribution in [0.4, 0.5) is 0 Å². The van der Waals surface area contributed by atoms with Crippen LogP contribution in [0, 0.1) is 18.8 Å². The molecule has 3 aliphatic rings. The van der Waals surface area contributed by atoms with E-state index in [1.54, 1.807) is 7.11 Å². The summed E-state index contributed by atoms with van der Waals surface area (Å²) in [7, 11) is 1.08. The molecule has 0 spiro atoms. The number of ether oxygens (including phenoxy) is 1. The van der Waals surface area contributed by atoms with Gasteiger partial charge in [-0.1, -0.05) is 18.2 Å². The van der Waals surface area contributed by atoms with Crippen LogP contribution in [-0.2, 0) is 6.54 Å². The van der Waals surface area contributed by atoms with E-state index in [0.29, 0.717) is 22.8 Å². The summed E-state index contributed by atoms with van der Waals surface area (Å²) in [6.07, 6.45) is 4.78. The van der Waals surface area contributed by atoms with Gasteiger partial charge < -0.3 is 24.1 Å². The number of hydrogen-bond donors (Lipinski definition) is 1. The maximum absolute atomic E-state index is 13.5. The Morgan fingerprint density at radius 1 is 1.20 bits per heavy atom. The van der Waals surface area contributed by atoms with Gasteiger partial charge in [0.2, 0.25) is 0 Å². The molecule has 2 aromatic heterocycles. The molecule has 7 heteroatoms. The van der Waals surface area contributed by atoms with Crippen molar-refractivity contribution in [3.63, 3.8) is 0 Å². The molecule has 3 atom stereocenters. The summed E-state index contributed by atoms with van der Waals surface area (Å²) in [4.78, 5) is 13.5. The SMILES string of the molecule is COc1cc(C(=O)N2CC3CCP2C3N)cc2oc(-c3cc4ccccc4n3CC3CC3)c(C)c12. The molecule has 3 fully saturated rings. The number of aryl methyl sites for hydroxylation is 1. The number of aromatic nitrogens is 1. The van der Waals surface area contributed by atoms with Crippen molar-refractivity contribution in [1.29, 1.82) is 0 Å². The molecule has 3 unspecified atom stereocenters. The highest BCUT2D eigenvalue weighted by atomic mass is 31.1. The van der Waals surface area contributed by atoms with Crippen molar-refractivity contribution >= 4 is 35.9 Å². The molecule has 35 heavy (non-hydrogen) atoms. The Balaban J connectivity index is 1.35. The second kappa shape index (κ2) is 7.84. The van der Waals surface area contributed by atoms with Gasteiger partial charge in [0.1, 0.15) is 11.3 Å². The number of nitrogens with two attached hydrogens (primary N) is 1. The summed E-state index contributed by atoms with van der Waals surface area (Å²) in [5, 5.41) is 2.15. The fourth-order valence-corrected chi connectivity index (χ4v) is 9.00. The van der Waals surface area contributed by atoms with E-state index in [-0.39, 0.29) is 11.7 Å². The van der Waals surface area contributed by atoms with Gasteiger partial charge in [0, 0.05) is 49.0 Å². The van der Waals surface area contributed by atoms with Crippen molar-refractivity contribution < 1.29 is 13.9 Å². The zero-order chi connectivity index (χ0) is 23.8. The van der Waals surface area contributed by atoms with Gasteiger partial charge in [0.05, 0.1) is 18.2 Å². The molecule has 2 saturated heterocycles. The quantitative estimate of drug-likeness (QED) is 0.354. The lowest BCUT2D eigenvalue weighted by atomic mass is 10.1. The Labute approximate surface area is 205 Å². The monoisotopic (exact) mass is 487 g/mol. The molecule has 2 aliphatic heterocycles. The van der Waals surface area contributed by atoms with Gasteiger partial charge in [0.15, 0.2) is 5.76 Å². The number of hydrogen-bond acceptors (Lipinski definition) is 4. The molecule has 4 heterocycles. The van der Waals surface area contributed by atoms with Crippen molar-refractivity contribution in [3.8, 4) is 17.2 Å². The fraction of sp³-hybridized carbons (Fsp3) is 0.393. The number of rotatable bonds is 5. The van der Waals surface area contributed by atoms with Crippen LogP contribution in [0.2, 0.25) is 0 Å². The summed E-state index contributed by atoms with van der Waals surface area (Å²) < 4.78 is 16.8. The minimum absolute atomic E-state index is 0.0485. The first-order valence-corrected chi connectivity index (χ1v) is 14.1. The van der Waals surface area contributed by atoms with E-state index in [2.05, 4.69) is 41.8 Å². The Bertz CT molecular complexity index is 1480. The van der Waals surface area contributed by atoms with Crippen LogP contribution in [0.5, 0.6) is 5.75 Å². The first-order chi connectivity index (χ1) is 17.0. The smallest absolute Gasteiger partial charge is 0.257 e. The van der Waals surface area contributed by atoms with Gasteiger partial charge in [-0.05, 0) is 68.4 Å². The topological polar surface area (TPSA) is 73.6 Å². The van der Waals surface area contributed by atoms with Crippen molar-refractivity contribution in [1.82, 2.24) is 9.24 Å². The Hall–Kier alpha value is -2.82. The fourth-order valence-electron chi connectivity index (χ4n) is 6.04. The molecule has 2 N–H and O–H groups in total. The number of carbonyl (C=O) groups is 1. The van der Waals surface area contributed by atoms with Crippen molar-refractivity contribution in [2.24, 2.45) is 17.6 Å². The molecule has 1 amide bonds. The molecule has 7 rings (SSSR count). The zero-order valence-corrected chi connectivity index (χ0v) is 21.1. The van der Waals surface area contributed by atoms with Gasteiger partial charge in [-0.2, -0.15) is 0 Å². The van der Waals surface area contributed by atoms with E-state index in [1.807, 2.05) is 16.8 Å². The Kier molecular flexibility index (Phi) is 4.81. The van der Waals surface area contributed by atoms with Gasteiger partial charge in [-0.3, -0.25) is 4.79 Å². The number of fused-ring (bicyclic) bond motifs is 4. The molecule has 1 aliphatic carbocycles. The van der Waals surface area contributed by atoms with E-state index in [9.17, 15) is 4.79 Å². The van der Waals surface area contributed by atoms with Crippen molar-refractivity contribution in [2.75, 3.05) is 19.8 Å². The largest absolute Gasteiger partial charge is 0.496 e. The van der Waals surface area contributed by atoms with Crippen LogP contribution in [-0.4, -0.2) is 40.7 Å². The summed E-state index contributed by atoms with van der Waals surface area (Å²) in [5.74, 6) is 2.92. The zero-order valence-electron chi connectivity index (χ0n) is 20.2. The molecule has 0 radical (unpaired) electrons. The maximum atomic E-state index is 13.5. The van der Waals surface area contributed by atoms with Gasteiger partial charge >= 0.3 is 0 Å². The van der Waals surface area contributed by atoms with Crippen LogP contribution >= 0.6 is 8.07 Å². The standard InChI is InChI=1S/C28H30N3O3P/c1-16-25-23(33-2)12-20(28(32)31-15-19-9-10-35(31)27(19)29)13-24(25)34-26(16)22-11-18-5-3-4-6-21(18)30(22)14-17-7-8-17/h3-6,11-13,17,19,27H,7-10,14-15,29H2,1-2H3. The lowest BCUT2D eigenvalue weighted by molar-refractivity contribution is 0.0859. The van der Waals surface area contributed by atoms with Gasteiger partial charge in [-0.15, -0.1) is 0 Å². The average Bonchev–Trinajstić information content (AvgIpc) is 3.27. The second-order valence-corrected chi connectivity index (χ2v) is 12.7. The highest BCUT2D eigenvalue weighted by Crippen LogP contribution is 2.60. The third-order valence-electron chi connectivity index (χ3n) is 8.15. The first kappa shape index (κ1) is 21.5. The normalized spacial score (nSPS) is 23.6. The third-order valence-corrected chi connectivity index (χ3v) is 10.9. The number of nitrogens with zero attached hydrogens (tertiary/aromatic N) is 2. The lowest BCUT2D eigenvalue weighted by Gasteiger charge is -2.27. The van der Waals surface area contributed by atoms with E-state index < -0.39 is 8.07 Å². The first-order valence-electron chi connectivity index (χ1n) is 12.6. The van der Waals surface area contributed by atoms with E-state index in [1.165, 1.54) is 23.7 Å². The number of methoxy groups -OCH3 is 1. The highest BCUT2D eigenvalue weighted by Gasteiger charge is 2.47. The van der Waals surface area contributed by atoms with Gasteiger partial charge in [0.25, 0.3) is 5.91 Å². The number of benzene rings is 2.